The summed E-state index contributed by atoms with van der Waals surface area (Å²) in [7, 11) is 1.94. The zero-order valence-corrected chi connectivity index (χ0v) is 8.53. The molecule has 0 fully saturated rings. The standard InChI is InChI=1S/C12H17NO/c1-13-10-12-7-4-6-11(9-12)5-2-3-8-14/h2,4-7,9,13-14H,3,8,10H2,1H3. The fourth-order valence-corrected chi connectivity index (χ4v) is 1.30. The molecule has 2 heteroatoms. The molecule has 0 aliphatic carbocycles. The summed E-state index contributed by atoms with van der Waals surface area (Å²) in [6, 6.07) is 8.35. The molecule has 1 aromatic rings. The highest BCUT2D eigenvalue weighted by atomic mass is 16.2. The Balaban J connectivity index is 2.63. The lowest BCUT2D eigenvalue weighted by Gasteiger charge is -2.00. The molecule has 0 aliphatic rings. The molecule has 0 saturated heterocycles. The number of benzene rings is 1. The molecule has 1 aromatic carbocycles. The summed E-state index contributed by atoms with van der Waals surface area (Å²) >= 11 is 0. The van der Waals surface area contributed by atoms with Crippen molar-refractivity contribution in [3.8, 4) is 0 Å². The van der Waals surface area contributed by atoms with E-state index < -0.39 is 0 Å². The van der Waals surface area contributed by atoms with Gasteiger partial charge in [-0.1, -0.05) is 36.4 Å². The Kier molecular flexibility index (Phi) is 4.97. The molecule has 0 bridgehead atoms. The van der Waals surface area contributed by atoms with E-state index >= 15 is 0 Å². The molecule has 0 unspecified atom stereocenters. The Hall–Kier alpha value is -1.12. The summed E-state index contributed by atoms with van der Waals surface area (Å²) in [6.45, 7) is 1.11. The first kappa shape index (κ1) is 11.0. The highest BCUT2D eigenvalue weighted by Gasteiger charge is 1.91. The number of rotatable bonds is 5. The molecule has 76 valence electrons. The van der Waals surface area contributed by atoms with Gasteiger partial charge in [0.15, 0.2) is 0 Å². The van der Waals surface area contributed by atoms with Crippen LogP contribution < -0.4 is 5.32 Å². The molecule has 0 aliphatic heterocycles. The quantitative estimate of drug-likeness (QED) is 0.744. The van der Waals surface area contributed by atoms with Gasteiger partial charge in [0, 0.05) is 13.2 Å². The fourth-order valence-electron chi connectivity index (χ4n) is 1.30. The predicted octanol–water partition coefficient (Wildman–Crippen LogP) is 1.80. The predicted molar refractivity (Wildman–Crippen MR) is 59.9 cm³/mol. The van der Waals surface area contributed by atoms with Crippen LogP contribution in [-0.4, -0.2) is 18.8 Å². The molecule has 0 amide bonds. The number of hydrogen-bond acceptors (Lipinski definition) is 2. The van der Waals surface area contributed by atoms with Crippen LogP contribution in [-0.2, 0) is 6.54 Å². The maximum atomic E-state index is 8.62. The monoisotopic (exact) mass is 191 g/mol. The van der Waals surface area contributed by atoms with Gasteiger partial charge in [0.05, 0.1) is 0 Å². The number of nitrogens with one attached hydrogen (secondary N) is 1. The first-order chi connectivity index (χ1) is 6.86. The molecule has 1 rings (SSSR count). The van der Waals surface area contributed by atoms with Crippen LogP contribution in [0.2, 0.25) is 0 Å². The van der Waals surface area contributed by atoms with E-state index in [2.05, 4.69) is 23.5 Å². The van der Waals surface area contributed by atoms with Crippen LogP contribution in [0.1, 0.15) is 17.5 Å². The van der Waals surface area contributed by atoms with E-state index in [1.165, 1.54) is 11.1 Å². The van der Waals surface area contributed by atoms with E-state index in [4.69, 9.17) is 5.11 Å². The molecule has 0 atom stereocenters. The van der Waals surface area contributed by atoms with Gasteiger partial charge in [0.25, 0.3) is 0 Å². The molecular formula is C12H17NO. The minimum atomic E-state index is 0.215. The van der Waals surface area contributed by atoms with Crippen molar-refractivity contribution in [2.75, 3.05) is 13.7 Å². The van der Waals surface area contributed by atoms with Crippen molar-refractivity contribution in [3.63, 3.8) is 0 Å². The minimum Gasteiger partial charge on any atom is -0.396 e. The third kappa shape index (κ3) is 3.73. The van der Waals surface area contributed by atoms with E-state index in [9.17, 15) is 0 Å². The van der Waals surface area contributed by atoms with E-state index in [0.29, 0.717) is 0 Å². The van der Waals surface area contributed by atoms with Crippen LogP contribution in [0.5, 0.6) is 0 Å². The smallest absolute Gasteiger partial charge is 0.0465 e. The van der Waals surface area contributed by atoms with Crippen molar-refractivity contribution >= 4 is 6.08 Å². The minimum absolute atomic E-state index is 0.215. The molecule has 0 radical (unpaired) electrons. The van der Waals surface area contributed by atoms with Gasteiger partial charge < -0.3 is 10.4 Å². The molecule has 2 nitrogen and oxygen atoms in total. The second kappa shape index (κ2) is 6.35. The van der Waals surface area contributed by atoms with Gasteiger partial charge in [0.2, 0.25) is 0 Å². The Morgan fingerprint density at radius 1 is 1.43 bits per heavy atom. The molecule has 14 heavy (non-hydrogen) atoms. The second-order valence-electron chi connectivity index (χ2n) is 3.19. The molecule has 2 N–H and O–H groups in total. The second-order valence-corrected chi connectivity index (χ2v) is 3.19. The summed E-state index contributed by atoms with van der Waals surface area (Å²) < 4.78 is 0. The van der Waals surface area contributed by atoms with Crippen LogP contribution in [0.3, 0.4) is 0 Å². The average Bonchev–Trinajstić information content (AvgIpc) is 2.19. The fraction of sp³-hybridized carbons (Fsp3) is 0.333. The summed E-state index contributed by atoms with van der Waals surface area (Å²) in [4.78, 5) is 0. The lowest BCUT2D eigenvalue weighted by atomic mass is 10.1. The summed E-state index contributed by atoms with van der Waals surface area (Å²) in [6.07, 6.45) is 4.74. The highest BCUT2D eigenvalue weighted by Crippen LogP contribution is 2.07. The molecular weight excluding hydrogens is 174 g/mol. The summed E-state index contributed by atoms with van der Waals surface area (Å²) in [5, 5.41) is 11.7. The SMILES string of the molecule is CNCc1cccc(C=CCCO)c1. The van der Waals surface area contributed by atoms with Gasteiger partial charge in [-0.15, -0.1) is 0 Å². The zero-order chi connectivity index (χ0) is 10.2. The lowest BCUT2D eigenvalue weighted by molar-refractivity contribution is 0.303. The van der Waals surface area contributed by atoms with Gasteiger partial charge in [-0.05, 0) is 24.6 Å². The Bertz CT molecular complexity index is 294. The van der Waals surface area contributed by atoms with E-state index in [1.807, 2.05) is 25.3 Å². The Morgan fingerprint density at radius 3 is 3.00 bits per heavy atom. The van der Waals surface area contributed by atoms with Crippen molar-refractivity contribution in [1.29, 1.82) is 0 Å². The number of aliphatic hydroxyl groups is 1. The van der Waals surface area contributed by atoms with Gasteiger partial charge in [0.1, 0.15) is 0 Å². The Morgan fingerprint density at radius 2 is 2.29 bits per heavy atom. The zero-order valence-electron chi connectivity index (χ0n) is 8.53. The molecule has 0 saturated carbocycles. The van der Waals surface area contributed by atoms with Crippen LogP contribution >= 0.6 is 0 Å². The first-order valence-electron chi connectivity index (χ1n) is 4.87. The van der Waals surface area contributed by atoms with E-state index in [1.54, 1.807) is 0 Å². The van der Waals surface area contributed by atoms with Crippen LogP contribution in [0.15, 0.2) is 30.3 Å². The molecule has 0 heterocycles. The third-order valence-corrected chi connectivity index (χ3v) is 1.94. The molecule has 0 aromatic heterocycles. The third-order valence-electron chi connectivity index (χ3n) is 1.94. The number of hydrogen-bond donors (Lipinski definition) is 2. The topological polar surface area (TPSA) is 32.3 Å². The van der Waals surface area contributed by atoms with Crippen molar-refractivity contribution in [1.82, 2.24) is 5.32 Å². The van der Waals surface area contributed by atoms with E-state index in [0.717, 1.165) is 13.0 Å². The number of aliphatic hydroxyl groups excluding tert-OH is 1. The lowest BCUT2D eigenvalue weighted by Crippen LogP contribution is -2.04. The van der Waals surface area contributed by atoms with Crippen LogP contribution in [0, 0.1) is 0 Å². The maximum Gasteiger partial charge on any atom is 0.0465 e. The van der Waals surface area contributed by atoms with Crippen molar-refractivity contribution < 1.29 is 5.11 Å². The van der Waals surface area contributed by atoms with Crippen molar-refractivity contribution in [3.05, 3.63) is 41.5 Å². The average molecular weight is 191 g/mol. The van der Waals surface area contributed by atoms with Gasteiger partial charge >= 0.3 is 0 Å². The summed E-state index contributed by atoms with van der Waals surface area (Å²) in [5.41, 5.74) is 2.46. The van der Waals surface area contributed by atoms with Gasteiger partial charge in [-0.25, -0.2) is 0 Å². The van der Waals surface area contributed by atoms with Gasteiger partial charge in [-0.2, -0.15) is 0 Å². The van der Waals surface area contributed by atoms with Crippen molar-refractivity contribution in [2.45, 2.75) is 13.0 Å². The van der Waals surface area contributed by atoms with Gasteiger partial charge in [-0.3, -0.25) is 0 Å². The molecule has 0 spiro atoms. The van der Waals surface area contributed by atoms with Crippen LogP contribution in [0.4, 0.5) is 0 Å². The van der Waals surface area contributed by atoms with E-state index in [-0.39, 0.29) is 6.61 Å². The Labute approximate surface area is 85.3 Å². The van der Waals surface area contributed by atoms with Crippen molar-refractivity contribution in [2.24, 2.45) is 0 Å². The first-order valence-corrected chi connectivity index (χ1v) is 4.87. The largest absolute Gasteiger partial charge is 0.396 e. The summed E-state index contributed by atoms with van der Waals surface area (Å²) in [5.74, 6) is 0. The normalized spacial score (nSPS) is 11.0. The highest BCUT2D eigenvalue weighted by molar-refractivity contribution is 5.50. The van der Waals surface area contributed by atoms with Crippen LogP contribution in [0.25, 0.3) is 6.08 Å². The maximum absolute atomic E-state index is 8.62.